The van der Waals surface area contributed by atoms with Crippen LogP contribution in [-0.4, -0.2) is 48.0 Å². The maximum atomic E-state index is 13.4. The van der Waals surface area contributed by atoms with Gasteiger partial charge in [0.1, 0.15) is 12.4 Å². The van der Waals surface area contributed by atoms with Crippen LogP contribution in [0.5, 0.6) is 0 Å². The Hall–Kier alpha value is -2.11. The molecule has 0 radical (unpaired) electrons. The average molecular weight is 306 g/mol. The number of benzene rings is 1. The number of fused-ring (bicyclic) bond motifs is 1. The van der Waals surface area contributed by atoms with Gasteiger partial charge in [-0.3, -0.25) is 9.69 Å². The molecule has 6 heteroatoms. The number of cyclic esters (lactones) is 1. The molecule has 2 heterocycles. The molecule has 2 aliphatic heterocycles. The molecule has 0 unspecified atom stereocenters. The van der Waals surface area contributed by atoms with Crippen molar-refractivity contribution in [1.82, 2.24) is 9.80 Å². The van der Waals surface area contributed by atoms with E-state index in [9.17, 15) is 14.0 Å². The van der Waals surface area contributed by atoms with E-state index in [0.717, 1.165) is 17.5 Å². The summed E-state index contributed by atoms with van der Waals surface area (Å²) in [6.45, 7) is 3.45. The lowest BCUT2D eigenvalue weighted by Crippen LogP contribution is -2.48. The summed E-state index contributed by atoms with van der Waals surface area (Å²) in [6.07, 6.45) is 1.01. The number of halogens is 1. The Balaban J connectivity index is 1.72. The molecule has 0 aromatic heterocycles. The van der Waals surface area contributed by atoms with Crippen LogP contribution in [0.2, 0.25) is 0 Å². The van der Waals surface area contributed by atoms with Crippen molar-refractivity contribution in [3.63, 3.8) is 0 Å². The molecule has 0 bridgehead atoms. The van der Waals surface area contributed by atoms with Crippen molar-refractivity contribution in [3.8, 4) is 0 Å². The van der Waals surface area contributed by atoms with Gasteiger partial charge in [-0.05, 0) is 43.0 Å². The molecule has 1 saturated heterocycles. The summed E-state index contributed by atoms with van der Waals surface area (Å²) in [5.41, 5.74) is 1.93. The van der Waals surface area contributed by atoms with Crippen molar-refractivity contribution in [1.29, 1.82) is 0 Å². The lowest BCUT2D eigenvalue weighted by Gasteiger charge is -2.37. The zero-order valence-electron chi connectivity index (χ0n) is 12.5. The molecule has 1 atom stereocenters. The van der Waals surface area contributed by atoms with E-state index in [1.807, 2.05) is 6.92 Å². The number of hydrogen-bond acceptors (Lipinski definition) is 3. The van der Waals surface area contributed by atoms with E-state index in [1.54, 1.807) is 11.0 Å². The highest BCUT2D eigenvalue weighted by molar-refractivity contribution is 5.83. The highest BCUT2D eigenvalue weighted by Gasteiger charge is 2.30. The molecule has 0 aliphatic carbocycles. The van der Waals surface area contributed by atoms with Gasteiger partial charge >= 0.3 is 6.09 Å². The third-order valence-corrected chi connectivity index (χ3v) is 4.35. The fourth-order valence-electron chi connectivity index (χ4n) is 3.12. The Morgan fingerprint density at radius 2 is 2.23 bits per heavy atom. The highest BCUT2D eigenvalue weighted by atomic mass is 19.1. The quantitative estimate of drug-likeness (QED) is 0.841. The molecule has 1 fully saturated rings. The fourth-order valence-corrected chi connectivity index (χ4v) is 3.12. The zero-order valence-corrected chi connectivity index (χ0v) is 12.5. The van der Waals surface area contributed by atoms with Crippen molar-refractivity contribution >= 4 is 12.0 Å². The SMILES string of the molecule is C[C@@H]1c2cc(F)ccc2CCN1C(=O)CN1CCCOC1=O. The van der Waals surface area contributed by atoms with Gasteiger partial charge in [-0.2, -0.15) is 0 Å². The molecule has 2 aliphatic rings. The first-order valence-corrected chi connectivity index (χ1v) is 7.56. The van der Waals surface area contributed by atoms with Crippen LogP contribution < -0.4 is 0 Å². The maximum absolute atomic E-state index is 13.4. The third-order valence-electron chi connectivity index (χ3n) is 4.35. The average Bonchev–Trinajstić information content (AvgIpc) is 2.50. The lowest BCUT2D eigenvalue weighted by atomic mass is 9.93. The summed E-state index contributed by atoms with van der Waals surface area (Å²) in [5, 5.41) is 0. The zero-order chi connectivity index (χ0) is 15.7. The Morgan fingerprint density at radius 3 is 3.00 bits per heavy atom. The minimum atomic E-state index is -0.435. The largest absolute Gasteiger partial charge is 0.449 e. The molecule has 1 aromatic carbocycles. The number of ether oxygens (including phenoxy) is 1. The predicted molar refractivity (Wildman–Crippen MR) is 77.8 cm³/mol. The summed E-state index contributed by atoms with van der Waals surface area (Å²) in [7, 11) is 0. The second-order valence-electron chi connectivity index (χ2n) is 5.75. The molecule has 118 valence electrons. The lowest BCUT2D eigenvalue weighted by molar-refractivity contribution is -0.135. The van der Waals surface area contributed by atoms with Gasteiger partial charge in [0.25, 0.3) is 0 Å². The summed E-state index contributed by atoms with van der Waals surface area (Å²) in [4.78, 5) is 27.3. The maximum Gasteiger partial charge on any atom is 0.410 e. The Kier molecular flexibility index (Phi) is 4.00. The summed E-state index contributed by atoms with van der Waals surface area (Å²) < 4.78 is 18.4. The van der Waals surface area contributed by atoms with Crippen LogP contribution in [0.25, 0.3) is 0 Å². The van der Waals surface area contributed by atoms with Crippen molar-refractivity contribution in [2.45, 2.75) is 25.8 Å². The number of carbonyl (C=O) groups excluding carboxylic acids is 2. The van der Waals surface area contributed by atoms with E-state index in [0.29, 0.717) is 26.1 Å². The van der Waals surface area contributed by atoms with Crippen LogP contribution in [-0.2, 0) is 16.0 Å². The number of hydrogen-bond donors (Lipinski definition) is 0. The van der Waals surface area contributed by atoms with Crippen molar-refractivity contribution in [2.75, 3.05) is 26.2 Å². The highest BCUT2D eigenvalue weighted by Crippen LogP contribution is 2.30. The Labute approximate surface area is 128 Å². The van der Waals surface area contributed by atoms with Crippen LogP contribution in [0.15, 0.2) is 18.2 Å². The number of carbonyl (C=O) groups is 2. The van der Waals surface area contributed by atoms with E-state index < -0.39 is 6.09 Å². The summed E-state index contributed by atoms with van der Waals surface area (Å²) >= 11 is 0. The normalized spacial score (nSPS) is 21.4. The first-order chi connectivity index (χ1) is 10.6. The van der Waals surface area contributed by atoms with E-state index in [1.165, 1.54) is 17.0 Å². The third kappa shape index (κ3) is 2.77. The van der Waals surface area contributed by atoms with Gasteiger partial charge in [-0.1, -0.05) is 6.07 Å². The fraction of sp³-hybridized carbons (Fsp3) is 0.500. The molecule has 5 nitrogen and oxygen atoms in total. The van der Waals surface area contributed by atoms with Crippen molar-refractivity contribution < 1.29 is 18.7 Å². The molecule has 0 N–H and O–H groups in total. The monoisotopic (exact) mass is 306 g/mol. The van der Waals surface area contributed by atoms with Crippen LogP contribution in [0, 0.1) is 5.82 Å². The van der Waals surface area contributed by atoms with Gasteiger partial charge in [-0.15, -0.1) is 0 Å². The van der Waals surface area contributed by atoms with Crippen LogP contribution >= 0.6 is 0 Å². The van der Waals surface area contributed by atoms with Crippen molar-refractivity contribution in [3.05, 3.63) is 35.1 Å². The molecule has 0 spiro atoms. The number of amides is 2. The van der Waals surface area contributed by atoms with E-state index >= 15 is 0 Å². The second kappa shape index (κ2) is 5.94. The Bertz CT molecular complexity index is 605. The summed E-state index contributed by atoms with van der Waals surface area (Å²) in [5.74, 6) is -0.416. The van der Waals surface area contributed by atoms with Gasteiger partial charge < -0.3 is 9.64 Å². The van der Waals surface area contributed by atoms with E-state index in [-0.39, 0.29) is 24.3 Å². The molecule has 3 rings (SSSR count). The van der Waals surface area contributed by atoms with E-state index in [4.69, 9.17) is 4.74 Å². The molecular formula is C16H19FN2O3. The van der Waals surface area contributed by atoms with Crippen LogP contribution in [0.1, 0.15) is 30.5 Å². The molecule has 1 aromatic rings. The van der Waals surface area contributed by atoms with Gasteiger partial charge in [0, 0.05) is 13.1 Å². The first kappa shape index (κ1) is 14.8. The van der Waals surface area contributed by atoms with E-state index in [2.05, 4.69) is 0 Å². The minimum absolute atomic E-state index is 0.0216. The Morgan fingerprint density at radius 1 is 1.41 bits per heavy atom. The van der Waals surface area contributed by atoms with Crippen molar-refractivity contribution in [2.24, 2.45) is 0 Å². The molecular weight excluding hydrogens is 287 g/mol. The smallest absolute Gasteiger partial charge is 0.410 e. The number of rotatable bonds is 2. The first-order valence-electron chi connectivity index (χ1n) is 7.56. The van der Waals surface area contributed by atoms with Gasteiger partial charge in [0.15, 0.2) is 0 Å². The number of nitrogens with zero attached hydrogens (tertiary/aromatic N) is 2. The minimum Gasteiger partial charge on any atom is -0.449 e. The molecule has 2 amide bonds. The van der Waals surface area contributed by atoms with Gasteiger partial charge in [0.2, 0.25) is 5.91 Å². The molecule has 22 heavy (non-hydrogen) atoms. The second-order valence-corrected chi connectivity index (χ2v) is 5.75. The standard InChI is InChI=1S/C16H19FN2O3/c1-11-14-9-13(17)4-3-12(14)5-7-19(11)15(20)10-18-6-2-8-22-16(18)21/h3-4,9,11H,2,5-8,10H2,1H3/t11-/m1/s1. The summed E-state index contributed by atoms with van der Waals surface area (Å²) in [6, 6.07) is 4.54. The van der Waals surface area contributed by atoms with Gasteiger partial charge in [0.05, 0.1) is 12.6 Å². The molecule has 0 saturated carbocycles. The topological polar surface area (TPSA) is 49.9 Å². The van der Waals surface area contributed by atoms with Crippen LogP contribution in [0.4, 0.5) is 9.18 Å². The van der Waals surface area contributed by atoms with Crippen LogP contribution in [0.3, 0.4) is 0 Å². The van der Waals surface area contributed by atoms with Gasteiger partial charge in [-0.25, -0.2) is 9.18 Å². The predicted octanol–water partition coefficient (Wildman–Crippen LogP) is 2.11.